The third kappa shape index (κ3) is 5.12. The van der Waals surface area contributed by atoms with Crippen LogP contribution in [-0.2, 0) is 11.2 Å². The van der Waals surface area contributed by atoms with Crippen molar-refractivity contribution in [3.8, 4) is 0 Å². The molecule has 2 rings (SSSR count). The van der Waals surface area contributed by atoms with Gasteiger partial charge in [0.15, 0.2) is 0 Å². The zero-order valence-electron chi connectivity index (χ0n) is 13.4. The van der Waals surface area contributed by atoms with Gasteiger partial charge < -0.3 is 5.32 Å². The van der Waals surface area contributed by atoms with Crippen LogP contribution in [0.3, 0.4) is 0 Å². The van der Waals surface area contributed by atoms with E-state index in [1.165, 1.54) is 25.7 Å². The van der Waals surface area contributed by atoms with Gasteiger partial charge >= 0.3 is 0 Å². The summed E-state index contributed by atoms with van der Waals surface area (Å²) in [5, 5.41) is 3.08. The van der Waals surface area contributed by atoms with Crippen LogP contribution in [0.4, 0.5) is 0 Å². The molecule has 0 aliphatic heterocycles. The van der Waals surface area contributed by atoms with E-state index in [9.17, 15) is 4.79 Å². The van der Waals surface area contributed by atoms with E-state index >= 15 is 0 Å². The molecule has 0 aromatic carbocycles. The molecule has 1 aromatic heterocycles. The first-order valence-electron chi connectivity index (χ1n) is 7.96. The molecule has 4 nitrogen and oxygen atoms in total. The number of carbonyl (C=O) groups is 1. The number of nitrogens with zero attached hydrogens (tertiary/aromatic N) is 2. The van der Waals surface area contributed by atoms with Gasteiger partial charge in [-0.3, -0.25) is 14.7 Å². The molecule has 0 spiro atoms. The monoisotopic (exact) mass is 289 g/mol. The van der Waals surface area contributed by atoms with Gasteiger partial charge in [0.2, 0.25) is 5.91 Å². The Morgan fingerprint density at radius 3 is 2.81 bits per heavy atom. The normalized spacial score (nSPS) is 17.1. The molecule has 1 aliphatic rings. The Labute approximate surface area is 127 Å². The maximum absolute atomic E-state index is 12.1. The minimum absolute atomic E-state index is 0.115. The van der Waals surface area contributed by atoms with Gasteiger partial charge in [-0.1, -0.05) is 18.9 Å². The predicted octanol–water partition coefficient (Wildman–Crippen LogP) is 2.31. The largest absolute Gasteiger partial charge is 0.352 e. The maximum Gasteiger partial charge on any atom is 0.234 e. The van der Waals surface area contributed by atoms with E-state index in [-0.39, 0.29) is 11.9 Å². The van der Waals surface area contributed by atoms with E-state index in [1.807, 2.05) is 32.0 Å². The molecule has 1 aromatic rings. The fraction of sp³-hybridized carbons (Fsp3) is 0.647. The lowest BCUT2D eigenvalue weighted by molar-refractivity contribution is -0.123. The lowest BCUT2D eigenvalue weighted by atomic mass is 10.1. The van der Waals surface area contributed by atoms with Crippen molar-refractivity contribution >= 4 is 5.91 Å². The zero-order chi connectivity index (χ0) is 15.2. The van der Waals surface area contributed by atoms with Crippen molar-refractivity contribution in [2.24, 2.45) is 0 Å². The summed E-state index contributed by atoms with van der Waals surface area (Å²) in [6.07, 6.45) is 5.83. The van der Waals surface area contributed by atoms with Crippen LogP contribution in [0.25, 0.3) is 0 Å². The number of pyridine rings is 1. The van der Waals surface area contributed by atoms with Crippen molar-refractivity contribution in [3.63, 3.8) is 0 Å². The summed E-state index contributed by atoms with van der Waals surface area (Å²) in [6.45, 7) is 4.52. The first-order valence-corrected chi connectivity index (χ1v) is 7.96. The number of aromatic nitrogens is 1. The first-order chi connectivity index (χ1) is 10.0. The lowest BCUT2D eigenvalue weighted by Crippen LogP contribution is -2.43. The number of hydrogen-bond acceptors (Lipinski definition) is 3. The summed E-state index contributed by atoms with van der Waals surface area (Å²) in [5.41, 5.74) is 2.05. The molecule has 0 unspecified atom stereocenters. The maximum atomic E-state index is 12.1. The van der Waals surface area contributed by atoms with Gasteiger partial charge in [-0.05, 0) is 45.9 Å². The van der Waals surface area contributed by atoms with E-state index in [0.717, 1.165) is 17.8 Å². The van der Waals surface area contributed by atoms with Crippen LogP contribution in [-0.4, -0.2) is 41.5 Å². The molecule has 4 heteroatoms. The molecule has 1 fully saturated rings. The van der Waals surface area contributed by atoms with Crippen LogP contribution in [0.2, 0.25) is 0 Å². The molecule has 0 saturated heterocycles. The van der Waals surface area contributed by atoms with Gasteiger partial charge in [0.05, 0.1) is 6.54 Å². The Balaban J connectivity index is 1.76. The molecule has 1 saturated carbocycles. The Hall–Kier alpha value is -1.42. The van der Waals surface area contributed by atoms with Crippen LogP contribution in [0, 0.1) is 6.92 Å². The number of amides is 1. The molecule has 0 radical (unpaired) electrons. The highest BCUT2D eigenvalue weighted by molar-refractivity contribution is 5.78. The van der Waals surface area contributed by atoms with Crippen LogP contribution >= 0.6 is 0 Å². The SMILES string of the molecule is Cc1cccc(C[C@@H](C)NC(=O)CN(C)C2CCCC2)n1. The number of hydrogen-bond donors (Lipinski definition) is 1. The second-order valence-corrected chi connectivity index (χ2v) is 6.30. The summed E-state index contributed by atoms with van der Waals surface area (Å²) in [6, 6.07) is 6.72. The Morgan fingerprint density at radius 1 is 1.43 bits per heavy atom. The molecule has 1 aliphatic carbocycles. The quantitative estimate of drug-likeness (QED) is 0.874. The highest BCUT2D eigenvalue weighted by Gasteiger charge is 2.21. The number of nitrogens with one attached hydrogen (secondary N) is 1. The fourth-order valence-corrected chi connectivity index (χ4v) is 3.10. The average Bonchev–Trinajstić information content (AvgIpc) is 2.91. The summed E-state index contributed by atoms with van der Waals surface area (Å²) in [7, 11) is 2.06. The molecule has 1 atom stereocenters. The van der Waals surface area contributed by atoms with E-state index in [2.05, 4.69) is 22.2 Å². The number of likely N-dealkylation sites (N-methyl/N-ethyl adjacent to an activating group) is 1. The summed E-state index contributed by atoms with van der Waals surface area (Å²) in [4.78, 5) is 18.8. The van der Waals surface area contributed by atoms with Crippen molar-refractivity contribution in [2.45, 2.75) is 58.0 Å². The minimum Gasteiger partial charge on any atom is -0.352 e. The topological polar surface area (TPSA) is 45.2 Å². The highest BCUT2D eigenvalue weighted by Crippen LogP contribution is 2.21. The summed E-state index contributed by atoms with van der Waals surface area (Å²) < 4.78 is 0. The van der Waals surface area contributed by atoms with Gasteiger partial charge in [-0.25, -0.2) is 0 Å². The van der Waals surface area contributed by atoms with Crippen molar-refractivity contribution < 1.29 is 4.79 Å². The van der Waals surface area contributed by atoms with Crippen LogP contribution in [0.1, 0.15) is 44.0 Å². The third-order valence-corrected chi connectivity index (χ3v) is 4.21. The minimum atomic E-state index is 0.115. The van der Waals surface area contributed by atoms with Gasteiger partial charge in [-0.2, -0.15) is 0 Å². The van der Waals surface area contributed by atoms with Crippen molar-refractivity contribution in [2.75, 3.05) is 13.6 Å². The summed E-state index contributed by atoms with van der Waals surface area (Å²) >= 11 is 0. The van der Waals surface area contributed by atoms with E-state index in [0.29, 0.717) is 12.6 Å². The molecule has 1 heterocycles. The van der Waals surface area contributed by atoms with E-state index < -0.39 is 0 Å². The average molecular weight is 289 g/mol. The first kappa shape index (κ1) is 16.0. The Bertz CT molecular complexity index is 469. The fourth-order valence-electron chi connectivity index (χ4n) is 3.10. The predicted molar refractivity (Wildman–Crippen MR) is 85.2 cm³/mol. The van der Waals surface area contributed by atoms with Crippen molar-refractivity contribution in [3.05, 3.63) is 29.6 Å². The molecular formula is C17H27N3O. The lowest BCUT2D eigenvalue weighted by Gasteiger charge is -2.24. The molecule has 116 valence electrons. The van der Waals surface area contributed by atoms with Gasteiger partial charge in [0, 0.05) is 29.9 Å². The second-order valence-electron chi connectivity index (χ2n) is 6.30. The van der Waals surface area contributed by atoms with Crippen molar-refractivity contribution in [1.82, 2.24) is 15.2 Å². The van der Waals surface area contributed by atoms with Crippen LogP contribution in [0.15, 0.2) is 18.2 Å². The van der Waals surface area contributed by atoms with Crippen LogP contribution in [0.5, 0.6) is 0 Å². The molecule has 1 amide bonds. The number of rotatable bonds is 6. The standard InChI is InChI=1S/C17H27N3O/c1-13-7-6-8-15(18-13)11-14(2)19-17(21)12-20(3)16-9-4-5-10-16/h6-8,14,16H,4-5,9-12H2,1-3H3,(H,19,21)/t14-/m1/s1. The Morgan fingerprint density at radius 2 is 2.14 bits per heavy atom. The molecule has 21 heavy (non-hydrogen) atoms. The number of carbonyl (C=O) groups excluding carboxylic acids is 1. The number of aryl methyl sites for hydroxylation is 1. The molecule has 1 N–H and O–H groups in total. The second kappa shape index (κ2) is 7.55. The molecule has 0 bridgehead atoms. The van der Waals surface area contributed by atoms with Crippen molar-refractivity contribution in [1.29, 1.82) is 0 Å². The summed E-state index contributed by atoms with van der Waals surface area (Å²) in [5.74, 6) is 0.115. The molecular weight excluding hydrogens is 262 g/mol. The van der Waals surface area contributed by atoms with Gasteiger partial charge in [0.1, 0.15) is 0 Å². The zero-order valence-corrected chi connectivity index (χ0v) is 13.4. The highest BCUT2D eigenvalue weighted by atomic mass is 16.2. The third-order valence-electron chi connectivity index (χ3n) is 4.21. The van der Waals surface area contributed by atoms with Crippen LogP contribution < -0.4 is 5.32 Å². The van der Waals surface area contributed by atoms with Gasteiger partial charge in [-0.15, -0.1) is 0 Å². The smallest absolute Gasteiger partial charge is 0.234 e. The van der Waals surface area contributed by atoms with E-state index in [4.69, 9.17) is 0 Å². The van der Waals surface area contributed by atoms with E-state index in [1.54, 1.807) is 0 Å². The van der Waals surface area contributed by atoms with Gasteiger partial charge in [0.25, 0.3) is 0 Å². The Kier molecular flexibility index (Phi) is 5.74.